The van der Waals surface area contributed by atoms with Crippen molar-refractivity contribution in [3.05, 3.63) is 23.1 Å². The fraction of sp³-hybridized carbons (Fsp3) is 0.733. The number of piperazine rings is 1. The molecule has 2 aliphatic heterocycles. The molecule has 0 atom stereocenters. The van der Waals surface area contributed by atoms with Gasteiger partial charge in [-0.3, -0.25) is 9.80 Å². The Labute approximate surface area is 126 Å². The van der Waals surface area contributed by atoms with Crippen molar-refractivity contribution in [3.8, 4) is 0 Å². The maximum atomic E-state index is 5.82. The molecular formula is C15H24ClN3O. The van der Waals surface area contributed by atoms with Crippen LogP contribution in [0.15, 0.2) is 16.5 Å². The molecule has 1 aromatic rings. The van der Waals surface area contributed by atoms with Crippen molar-refractivity contribution in [1.29, 1.82) is 0 Å². The van der Waals surface area contributed by atoms with Crippen LogP contribution in [0.25, 0.3) is 0 Å². The molecule has 0 aromatic carbocycles. The van der Waals surface area contributed by atoms with Gasteiger partial charge in [-0.2, -0.15) is 0 Å². The number of halogens is 1. The van der Waals surface area contributed by atoms with Crippen LogP contribution in [0, 0.1) is 0 Å². The molecule has 20 heavy (non-hydrogen) atoms. The standard InChI is InChI=1S/C15H24ClN3O/c1-17-6-4-13(5-7-17)19-10-8-18(9-11-19)12-14-2-3-15(16)20-14/h2-3,13H,4-12H2,1H3. The van der Waals surface area contributed by atoms with Gasteiger partial charge < -0.3 is 9.32 Å². The van der Waals surface area contributed by atoms with Crippen molar-refractivity contribution in [2.45, 2.75) is 25.4 Å². The highest BCUT2D eigenvalue weighted by atomic mass is 35.5. The van der Waals surface area contributed by atoms with Gasteiger partial charge in [0, 0.05) is 32.2 Å². The van der Waals surface area contributed by atoms with Crippen molar-refractivity contribution in [1.82, 2.24) is 14.7 Å². The molecule has 1 aromatic heterocycles. The summed E-state index contributed by atoms with van der Waals surface area (Å²) in [6.07, 6.45) is 2.65. The van der Waals surface area contributed by atoms with Crippen LogP contribution in [-0.2, 0) is 6.54 Å². The lowest BCUT2D eigenvalue weighted by molar-refractivity contribution is 0.0593. The Hall–Kier alpha value is -0.550. The summed E-state index contributed by atoms with van der Waals surface area (Å²) >= 11 is 5.82. The lowest BCUT2D eigenvalue weighted by Crippen LogP contribution is -2.52. The van der Waals surface area contributed by atoms with E-state index in [1.165, 1.54) is 39.0 Å². The largest absolute Gasteiger partial charge is 0.448 e. The lowest BCUT2D eigenvalue weighted by Gasteiger charge is -2.42. The van der Waals surface area contributed by atoms with Gasteiger partial charge in [0.05, 0.1) is 6.54 Å². The topological polar surface area (TPSA) is 22.9 Å². The number of nitrogens with zero attached hydrogens (tertiary/aromatic N) is 3. The van der Waals surface area contributed by atoms with Gasteiger partial charge in [0.15, 0.2) is 5.22 Å². The summed E-state index contributed by atoms with van der Waals surface area (Å²) in [6, 6.07) is 4.60. The van der Waals surface area contributed by atoms with E-state index in [0.29, 0.717) is 5.22 Å². The zero-order chi connectivity index (χ0) is 13.9. The van der Waals surface area contributed by atoms with E-state index >= 15 is 0 Å². The van der Waals surface area contributed by atoms with E-state index in [-0.39, 0.29) is 0 Å². The van der Waals surface area contributed by atoms with E-state index in [4.69, 9.17) is 16.0 Å². The molecule has 0 spiro atoms. The Morgan fingerprint density at radius 1 is 1.10 bits per heavy atom. The molecule has 0 aliphatic carbocycles. The molecule has 4 nitrogen and oxygen atoms in total. The Kier molecular flexibility index (Phi) is 4.66. The molecule has 0 saturated carbocycles. The molecule has 2 saturated heterocycles. The quantitative estimate of drug-likeness (QED) is 0.853. The van der Waals surface area contributed by atoms with Crippen LogP contribution in [0.3, 0.4) is 0 Å². The first-order chi connectivity index (χ1) is 9.70. The van der Waals surface area contributed by atoms with Crippen LogP contribution in [0.1, 0.15) is 18.6 Å². The maximum Gasteiger partial charge on any atom is 0.193 e. The zero-order valence-electron chi connectivity index (χ0n) is 12.2. The number of hydrogen-bond donors (Lipinski definition) is 0. The summed E-state index contributed by atoms with van der Waals surface area (Å²) in [4.78, 5) is 7.58. The first-order valence-electron chi connectivity index (χ1n) is 7.60. The van der Waals surface area contributed by atoms with Crippen LogP contribution in [0.4, 0.5) is 0 Å². The third-order valence-corrected chi connectivity index (χ3v) is 4.82. The molecule has 2 aliphatic rings. The minimum atomic E-state index is 0.491. The second kappa shape index (κ2) is 6.48. The summed E-state index contributed by atoms with van der Waals surface area (Å²) in [5, 5.41) is 0.491. The molecule has 112 valence electrons. The summed E-state index contributed by atoms with van der Waals surface area (Å²) < 4.78 is 5.45. The molecule has 0 radical (unpaired) electrons. The Morgan fingerprint density at radius 2 is 1.80 bits per heavy atom. The molecular weight excluding hydrogens is 274 g/mol. The van der Waals surface area contributed by atoms with Gasteiger partial charge in [0.25, 0.3) is 0 Å². The van der Waals surface area contributed by atoms with Gasteiger partial charge in [-0.25, -0.2) is 0 Å². The van der Waals surface area contributed by atoms with Crippen molar-refractivity contribution in [3.63, 3.8) is 0 Å². The van der Waals surface area contributed by atoms with Crippen LogP contribution < -0.4 is 0 Å². The average molecular weight is 298 g/mol. The highest BCUT2D eigenvalue weighted by Crippen LogP contribution is 2.19. The van der Waals surface area contributed by atoms with Crippen molar-refractivity contribution < 1.29 is 4.42 Å². The predicted octanol–water partition coefficient (Wildman–Crippen LogP) is 2.14. The molecule has 3 heterocycles. The molecule has 5 heteroatoms. The normalized spacial score (nSPS) is 24.3. The number of likely N-dealkylation sites (tertiary alicyclic amines) is 1. The van der Waals surface area contributed by atoms with Crippen molar-refractivity contribution in [2.75, 3.05) is 46.3 Å². The SMILES string of the molecule is CN1CCC(N2CCN(Cc3ccc(Cl)o3)CC2)CC1. The first kappa shape index (κ1) is 14.4. The molecule has 0 N–H and O–H groups in total. The summed E-state index contributed by atoms with van der Waals surface area (Å²) in [5.41, 5.74) is 0. The van der Waals surface area contributed by atoms with Gasteiger partial charge in [0.1, 0.15) is 5.76 Å². The Balaban J connectivity index is 1.45. The van der Waals surface area contributed by atoms with Crippen LogP contribution in [-0.4, -0.2) is 67.1 Å². The summed E-state index contributed by atoms with van der Waals surface area (Å²) in [5.74, 6) is 0.975. The number of furan rings is 1. The molecule has 0 amide bonds. The highest BCUT2D eigenvalue weighted by Gasteiger charge is 2.26. The maximum absolute atomic E-state index is 5.82. The molecule has 0 bridgehead atoms. The zero-order valence-corrected chi connectivity index (χ0v) is 13.0. The van der Waals surface area contributed by atoms with E-state index in [1.54, 1.807) is 0 Å². The van der Waals surface area contributed by atoms with Gasteiger partial charge in [-0.05, 0) is 56.7 Å². The lowest BCUT2D eigenvalue weighted by atomic mass is 10.0. The fourth-order valence-electron chi connectivity index (χ4n) is 3.30. The van der Waals surface area contributed by atoms with Gasteiger partial charge in [-0.15, -0.1) is 0 Å². The van der Waals surface area contributed by atoms with Crippen LogP contribution in [0.5, 0.6) is 0 Å². The fourth-order valence-corrected chi connectivity index (χ4v) is 3.47. The average Bonchev–Trinajstić information content (AvgIpc) is 2.86. The van der Waals surface area contributed by atoms with E-state index in [2.05, 4.69) is 21.7 Å². The smallest absolute Gasteiger partial charge is 0.193 e. The number of hydrogen-bond acceptors (Lipinski definition) is 4. The van der Waals surface area contributed by atoms with E-state index in [1.807, 2.05) is 12.1 Å². The van der Waals surface area contributed by atoms with E-state index < -0.39 is 0 Å². The van der Waals surface area contributed by atoms with Gasteiger partial charge in [-0.1, -0.05) is 0 Å². The Bertz CT molecular complexity index is 421. The third-order valence-electron chi connectivity index (χ3n) is 4.62. The Morgan fingerprint density at radius 3 is 2.40 bits per heavy atom. The molecule has 3 rings (SSSR count). The van der Waals surface area contributed by atoms with Crippen molar-refractivity contribution >= 4 is 11.6 Å². The van der Waals surface area contributed by atoms with Gasteiger partial charge >= 0.3 is 0 Å². The summed E-state index contributed by atoms with van der Waals surface area (Å²) in [6.45, 7) is 8.00. The minimum Gasteiger partial charge on any atom is -0.448 e. The summed E-state index contributed by atoms with van der Waals surface area (Å²) in [7, 11) is 2.22. The minimum absolute atomic E-state index is 0.491. The van der Waals surface area contributed by atoms with Crippen molar-refractivity contribution in [2.24, 2.45) is 0 Å². The molecule has 0 unspecified atom stereocenters. The second-order valence-electron chi connectivity index (χ2n) is 6.05. The second-order valence-corrected chi connectivity index (χ2v) is 6.42. The van der Waals surface area contributed by atoms with E-state index in [0.717, 1.165) is 31.4 Å². The number of piperidine rings is 1. The number of rotatable bonds is 3. The third kappa shape index (κ3) is 3.55. The predicted molar refractivity (Wildman–Crippen MR) is 81.1 cm³/mol. The first-order valence-corrected chi connectivity index (χ1v) is 7.97. The van der Waals surface area contributed by atoms with Gasteiger partial charge in [0.2, 0.25) is 0 Å². The molecule has 2 fully saturated rings. The van der Waals surface area contributed by atoms with Crippen LogP contribution >= 0.6 is 11.6 Å². The highest BCUT2D eigenvalue weighted by molar-refractivity contribution is 6.28. The monoisotopic (exact) mass is 297 g/mol. The van der Waals surface area contributed by atoms with E-state index in [9.17, 15) is 0 Å². The van der Waals surface area contributed by atoms with Crippen LogP contribution in [0.2, 0.25) is 5.22 Å².